The van der Waals surface area contributed by atoms with Gasteiger partial charge in [0.05, 0.1) is 6.61 Å². The molecule has 0 heterocycles. The van der Waals surface area contributed by atoms with E-state index in [0.717, 1.165) is 32.1 Å². The average molecular weight is 241 g/mol. The Morgan fingerprint density at radius 3 is 2.59 bits per heavy atom. The molecule has 0 aromatic carbocycles. The first-order valence-electron chi connectivity index (χ1n) is 6.53. The van der Waals surface area contributed by atoms with Crippen LogP contribution in [0.5, 0.6) is 0 Å². The minimum Gasteiger partial charge on any atom is -0.465 e. The molecule has 17 heavy (non-hydrogen) atoms. The number of nitrogens with two attached hydrogens (primary N) is 2. The van der Waals surface area contributed by atoms with Gasteiger partial charge in [0, 0.05) is 18.1 Å². The van der Waals surface area contributed by atoms with Gasteiger partial charge in [-0.2, -0.15) is 0 Å². The molecule has 0 aromatic rings. The summed E-state index contributed by atoms with van der Waals surface area (Å²) in [6.07, 6.45) is 4.53. The number of ether oxygens (including phenoxy) is 1. The van der Waals surface area contributed by atoms with Crippen LogP contribution >= 0.6 is 0 Å². The maximum absolute atomic E-state index is 11.8. The van der Waals surface area contributed by atoms with E-state index < -0.39 is 5.54 Å². The van der Waals surface area contributed by atoms with E-state index in [1.165, 1.54) is 0 Å². The van der Waals surface area contributed by atoms with Gasteiger partial charge in [-0.1, -0.05) is 0 Å². The van der Waals surface area contributed by atoms with Gasteiger partial charge in [0.2, 0.25) is 0 Å². The summed E-state index contributed by atoms with van der Waals surface area (Å²) < 4.78 is 5.10. The molecule has 2 aliphatic rings. The van der Waals surface area contributed by atoms with E-state index >= 15 is 0 Å². The monoisotopic (exact) mass is 241 g/mol. The van der Waals surface area contributed by atoms with Gasteiger partial charge in [0.25, 0.3) is 0 Å². The molecule has 0 aromatic heterocycles. The number of carbonyl (C=O) groups is 1. The Bertz CT molecular complexity index is 291. The van der Waals surface area contributed by atoms with E-state index in [2.05, 4.69) is 5.32 Å². The fourth-order valence-electron chi connectivity index (χ4n) is 2.55. The molecule has 2 aliphatic carbocycles. The first kappa shape index (κ1) is 12.8. The van der Waals surface area contributed by atoms with Crippen molar-refractivity contribution in [1.82, 2.24) is 5.32 Å². The van der Waals surface area contributed by atoms with Gasteiger partial charge in [-0.3, -0.25) is 10.1 Å². The second-order valence-corrected chi connectivity index (χ2v) is 5.28. The number of carbonyl (C=O) groups excluding carboxylic acids is 1. The van der Waals surface area contributed by atoms with Crippen LogP contribution in [0.4, 0.5) is 0 Å². The van der Waals surface area contributed by atoms with Crippen LogP contribution in [0.3, 0.4) is 0 Å². The zero-order chi connectivity index (χ0) is 12.5. The number of esters is 1. The maximum Gasteiger partial charge on any atom is 0.326 e. The van der Waals surface area contributed by atoms with Crippen molar-refractivity contribution in [3.63, 3.8) is 0 Å². The molecule has 3 unspecified atom stereocenters. The largest absolute Gasteiger partial charge is 0.465 e. The Balaban J connectivity index is 1.87. The standard InChI is InChI=1S/C12H23N3O2/c1-2-17-11(16)12(5-6-12)15-8-3-4-9(13)10(14)7-8/h8-10,15H,2-7,13-14H2,1H3. The zero-order valence-corrected chi connectivity index (χ0v) is 10.4. The molecule has 2 saturated carbocycles. The van der Waals surface area contributed by atoms with E-state index in [1.54, 1.807) is 0 Å². The molecular weight excluding hydrogens is 218 g/mol. The van der Waals surface area contributed by atoms with Gasteiger partial charge >= 0.3 is 5.97 Å². The van der Waals surface area contributed by atoms with E-state index in [-0.39, 0.29) is 18.1 Å². The molecule has 0 radical (unpaired) electrons. The molecule has 0 amide bonds. The van der Waals surface area contributed by atoms with Crippen molar-refractivity contribution in [2.24, 2.45) is 11.5 Å². The predicted molar refractivity (Wildman–Crippen MR) is 65.3 cm³/mol. The molecule has 5 N–H and O–H groups in total. The van der Waals surface area contributed by atoms with Gasteiger partial charge in [-0.05, 0) is 39.0 Å². The Labute approximate surface area is 102 Å². The quantitative estimate of drug-likeness (QED) is 0.597. The molecule has 3 atom stereocenters. The first-order chi connectivity index (χ1) is 8.07. The maximum atomic E-state index is 11.8. The van der Waals surface area contributed by atoms with Crippen LogP contribution in [0.15, 0.2) is 0 Å². The Hall–Kier alpha value is -0.650. The van der Waals surface area contributed by atoms with Crippen molar-refractivity contribution in [2.45, 2.75) is 62.7 Å². The fourth-order valence-corrected chi connectivity index (χ4v) is 2.55. The van der Waals surface area contributed by atoms with E-state index in [4.69, 9.17) is 16.2 Å². The summed E-state index contributed by atoms with van der Waals surface area (Å²) in [5.41, 5.74) is 11.4. The third-order valence-electron chi connectivity index (χ3n) is 3.85. The molecule has 2 fully saturated rings. The van der Waals surface area contributed by atoms with Crippen molar-refractivity contribution >= 4 is 5.97 Å². The highest BCUT2D eigenvalue weighted by atomic mass is 16.5. The third-order valence-corrected chi connectivity index (χ3v) is 3.85. The molecule has 2 rings (SSSR count). The van der Waals surface area contributed by atoms with Gasteiger partial charge in [-0.15, -0.1) is 0 Å². The molecule has 0 aliphatic heterocycles. The van der Waals surface area contributed by atoms with Gasteiger partial charge in [0.15, 0.2) is 0 Å². The molecular formula is C12H23N3O2. The summed E-state index contributed by atoms with van der Waals surface area (Å²) in [6.45, 7) is 2.28. The lowest BCUT2D eigenvalue weighted by Gasteiger charge is -2.34. The topological polar surface area (TPSA) is 90.4 Å². The highest BCUT2D eigenvalue weighted by molar-refractivity contribution is 5.84. The Kier molecular flexibility index (Phi) is 3.70. The Morgan fingerprint density at radius 2 is 2.06 bits per heavy atom. The van der Waals surface area contributed by atoms with Crippen LogP contribution in [0, 0.1) is 0 Å². The molecule has 5 nitrogen and oxygen atoms in total. The second kappa shape index (κ2) is 4.92. The summed E-state index contributed by atoms with van der Waals surface area (Å²) in [6, 6.07) is 0.446. The molecule has 0 bridgehead atoms. The van der Waals surface area contributed by atoms with Crippen molar-refractivity contribution in [3.05, 3.63) is 0 Å². The molecule has 98 valence electrons. The highest BCUT2D eigenvalue weighted by Gasteiger charge is 2.52. The minimum atomic E-state index is -0.415. The SMILES string of the molecule is CCOC(=O)C1(NC2CCC(N)C(N)C2)CC1. The first-order valence-corrected chi connectivity index (χ1v) is 6.53. The lowest BCUT2D eigenvalue weighted by Crippen LogP contribution is -2.54. The highest BCUT2D eigenvalue weighted by Crippen LogP contribution is 2.38. The van der Waals surface area contributed by atoms with Crippen molar-refractivity contribution in [2.75, 3.05) is 6.61 Å². The summed E-state index contributed by atoms with van der Waals surface area (Å²) in [5.74, 6) is -0.108. The van der Waals surface area contributed by atoms with Crippen LogP contribution in [0.2, 0.25) is 0 Å². The summed E-state index contributed by atoms with van der Waals surface area (Å²) >= 11 is 0. The predicted octanol–water partition coefficient (Wildman–Crippen LogP) is -0.121. The minimum absolute atomic E-state index is 0.0410. The number of rotatable bonds is 4. The van der Waals surface area contributed by atoms with E-state index in [9.17, 15) is 4.79 Å². The second-order valence-electron chi connectivity index (χ2n) is 5.28. The lowest BCUT2D eigenvalue weighted by atomic mass is 9.87. The van der Waals surface area contributed by atoms with Crippen molar-refractivity contribution in [3.8, 4) is 0 Å². The number of hydrogen-bond donors (Lipinski definition) is 3. The van der Waals surface area contributed by atoms with Crippen molar-refractivity contribution in [1.29, 1.82) is 0 Å². The smallest absolute Gasteiger partial charge is 0.326 e. The zero-order valence-electron chi connectivity index (χ0n) is 10.4. The molecule has 5 heteroatoms. The Morgan fingerprint density at radius 1 is 1.35 bits per heavy atom. The summed E-state index contributed by atoms with van der Waals surface area (Å²) in [4.78, 5) is 11.8. The normalized spacial score (nSPS) is 35.4. The molecule has 0 spiro atoms. The van der Waals surface area contributed by atoms with Crippen LogP contribution < -0.4 is 16.8 Å². The lowest BCUT2D eigenvalue weighted by molar-refractivity contribution is -0.147. The van der Waals surface area contributed by atoms with Crippen LogP contribution in [-0.4, -0.2) is 36.2 Å². The van der Waals surface area contributed by atoms with Crippen LogP contribution in [-0.2, 0) is 9.53 Å². The molecule has 0 saturated heterocycles. The average Bonchev–Trinajstić information content (AvgIpc) is 3.05. The number of hydrogen-bond acceptors (Lipinski definition) is 5. The van der Waals surface area contributed by atoms with Gasteiger partial charge in [0.1, 0.15) is 5.54 Å². The van der Waals surface area contributed by atoms with E-state index in [1.807, 2.05) is 6.92 Å². The van der Waals surface area contributed by atoms with Gasteiger partial charge < -0.3 is 16.2 Å². The van der Waals surface area contributed by atoms with Crippen LogP contribution in [0.1, 0.15) is 39.0 Å². The fraction of sp³-hybridized carbons (Fsp3) is 0.917. The van der Waals surface area contributed by atoms with E-state index in [0.29, 0.717) is 12.6 Å². The summed E-state index contributed by atoms with van der Waals surface area (Å²) in [5, 5.41) is 3.43. The number of nitrogens with one attached hydrogen (secondary N) is 1. The van der Waals surface area contributed by atoms with Gasteiger partial charge in [-0.25, -0.2) is 0 Å². The third kappa shape index (κ3) is 2.78. The van der Waals surface area contributed by atoms with Crippen molar-refractivity contribution < 1.29 is 9.53 Å². The van der Waals surface area contributed by atoms with Crippen LogP contribution in [0.25, 0.3) is 0 Å². The summed E-state index contributed by atoms with van der Waals surface area (Å²) in [7, 11) is 0.